The lowest BCUT2D eigenvalue weighted by atomic mass is 10.1. The van der Waals surface area contributed by atoms with Crippen LogP contribution in [0.4, 0.5) is 17.6 Å². The number of nitriles is 1. The summed E-state index contributed by atoms with van der Waals surface area (Å²) in [6.07, 6.45) is 0.545. The molecule has 0 aromatic heterocycles. The fourth-order valence-corrected chi connectivity index (χ4v) is 1.73. The van der Waals surface area contributed by atoms with Crippen LogP contribution in [0.15, 0.2) is 36.4 Å². The van der Waals surface area contributed by atoms with Gasteiger partial charge in [0.2, 0.25) is 0 Å². The molecule has 2 N–H and O–H groups in total. The summed E-state index contributed by atoms with van der Waals surface area (Å²) in [6, 6.07) is 8.30. The highest BCUT2D eigenvalue weighted by molar-refractivity contribution is 5.20. The molecule has 0 heterocycles. The Morgan fingerprint density at radius 2 is 1.18 bits per heavy atom. The molecule has 2 rings (SSSR count). The van der Waals surface area contributed by atoms with Gasteiger partial charge in [-0.05, 0) is 48.4 Å². The van der Waals surface area contributed by atoms with Crippen LogP contribution in [0.5, 0.6) is 0 Å². The molecule has 0 spiro atoms. The first-order valence-corrected chi connectivity index (χ1v) is 6.41. The van der Waals surface area contributed by atoms with Crippen LogP contribution in [-0.2, 0) is 12.8 Å². The van der Waals surface area contributed by atoms with Crippen LogP contribution in [-0.4, -0.2) is 6.54 Å². The molecule has 0 radical (unpaired) electrons. The van der Waals surface area contributed by atoms with E-state index < -0.39 is 23.3 Å². The Hall–Kier alpha value is -2.39. The summed E-state index contributed by atoms with van der Waals surface area (Å²) in [4.78, 5) is 0. The van der Waals surface area contributed by atoms with Gasteiger partial charge in [0.1, 0.15) is 23.3 Å². The van der Waals surface area contributed by atoms with Gasteiger partial charge in [0.05, 0.1) is 12.5 Å². The van der Waals surface area contributed by atoms with Crippen molar-refractivity contribution in [3.05, 3.63) is 70.8 Å². The number of hydrogen-bond donors (Lipinski definition) is 1. The topological polar surface area (TPSA) is 49.8 Å². The van der Waals surface area contributed by atoms with Gasteiger partial charge < -0.3 is 5.73 Å². The second-order valence-corrected chi connectivity index (χ2v) is 4.43. The smallest absolute Gasteiger partial charge is 0.126 e. The lowest BCUT2D eigenvalue weighted by molar-refractivity contribution is 0.579. The molecular formula is C16H14F4N2. The minimum absolute atomic E-state index is 0.0364. The third-order valence-electron chi connectivity index (χ3n) is 2.56. The fourth-order valence-electron chi connectivity index (χ4n) is 1.73. The predicted molar refractivity (Wildman–Crippen MR) is 74.8 cm³/mol. The van der Waals surface area contributed by atoms with Crippen molar-refractivity contribution in [2.75, 3.05) is 6.54 Å². The first-order chi connectivity index (χ1) is 10.4. The number of nitrogens with two attached hydrogens (primary N) is 1. The molecule has 2 nitrogen and oxygen atoms in total. The Kier molecular flexibility index (Phi) is 7.06. The van der Waals surface area contributed by atoms with Crippen molar-refractivity contribution in [2.24, 2.45) is 5.73 Å². The minimum Gasteiger partial charge on any atom is -0.330 e. The van der Waals surface area contributed by atoms with Gasteiger partial charge >= 0.3 is 0 Å². The number of benzene rings is 2. The van der Waals surface area contributed by atoms with E-state index in [1.54, 1.807) is 6.07 Å². The van der Waals surface area contributed by atoms with Gasteiger partial charge in [-0.2, -0.15) is 5.26 Å². The Morgan fingerprint density at radius 3 is 1.55 bits per heavy atom. The number of nitrogens with zero attached hydrogens (tertiary/aromatic N) is 1. The molecule has 0 aliphatic rings. The molecule has 0 fully saturated rings. The van der Waals surface area contributed by atoms with Gasteiger partial charge in [-0.1, -0.05) is 0 Å². The van der Waals surface area contributed by atoms with Crippen molar-refractivity contribution in [3.8, 4) is 6.07 Å². The number of rotatable bonds is 3. The zero-order valence-corrected chi connectivity index (χ0v) is 11.6. The largest absolute Gasteiger partial charge is 0.330 e. The minimum atomic E-state index is -0.643. The van der Waals surface area contributed by atoms with Gasteiger partial charge in [0.25, 0.3) is 0 Å². The molecule has 0 saturated heterocycles. The Balaban J connectivity index is 0.000000220. The second-order valence-electron chi connectivity index (χ2n) is 4.43. The normalized spacial score (nSPS) is 9.64. The van der Waals surface area contributed by atoms with Crippen LogP contribution in [0.1, 0.15) is 11.1 Å². The van der Waals surface area contributed by atoms with E-state index in [-0.39, 0.29) is 6.42 Å². The van der Waals surface area contributed by atoms with Crippen molar-refractivity contribution in [2.45, 2.75) is 12.8 Å². The summed E-state index contributed by atoms with van der Waals surface area (Å²) in [5.41, 5.74) is 6.18. The summed E-state index contributed by atoms with van der Waals surface area (Å²) in [7, 11) is 0. The molecule has 6 heteroatoms. The van der Waals surface area contributed by atoms with E-state index in [0.29, 0.717) is 24.1 Å². The number of hydrogen-bond acceptors (Lipinski definition) is 2. The highest BCUT2D eigenvalue weighted by Crippen LogP contribution is 2.08. The van der Waals surface area contributed by atoms with E-state index in [2.05, 4.69) is 0 Å². The first kappa shape index (κ1) is 17.7. The van der Waals surface area contributed by atoms with Crippen molar-refractivity contribution >= 4 is 0 Å². The van der Waals surface area contributed by atoms with Crippen LogP contribution in [0, 0.1) is 34.6 Å². The van der Waals surface area contributed by atoms with Crippen LogP contribution in [0.3, 0.4) is 0 Å². The van der Waals surface area contributed by atoms with E-state index in [1.165, 1.54) is 12.1 Å². The fraction of sp³-hybridized carbons (Fsp3) is 0.188. The number of halogens is 4. The lowest BCUT2D eigenvalue weighted by Crippen LogP contribution is -2.03. The average Bonchev–Trinajstić information content (AvgIpc) is 2.37. The van der Waals surface area contributed by atoms with E-state index in [0.717, 1.165) is 24.3 Å². The third kappa shape index (κ3) is 6.37. The predicted octanol–water partition coefficient (Wildman–Crippen LogP) is 3.50. The highest BCUT2D eigenvalue weighted by Gasteiger charge is 1.99. The van der Waals surface area contributed by atoms with Gasteiger partial charge in [0, 0.05) is 12.1 Å². The molecule has 116 valence electrons. The van der Waals surface area contributed by atoms with Gasteiger partial charge in [-0.15, -0.1) is 0 Å². The summed E-state index contributed by atoms with van der Waals surface area (Å²) >= 11 is 0. The van der Waals surface area contributed by atoms with Gasteiger partial charge in [-0.25, -0.2) is 17.6 Å². The maximum Gasteiger partial charge on any atom is 0.126 e. The summed E-state index contributed by atoms with van der Waals surface area (Å²) in [6.45, 7) is 0.406. The average molecular weight is 310 g/mol. The zero-order chi connectivity index (χ0) is 16.5. The molecule has 0 unspecified atom stereocenters. The standard InChI is InChI=1S/C8H9F2N.C8H5F2N/c2*9-7-3-6(1-2-11)4-8(10)5-7/h3-5H,1-2,11H2;3-5H,1H2. The van der Waals surface area contributed by atoms with Crippen LogP contribution in [0.25, 0.3) is 0 Å². The monoisotopic (exact) mass is 310 g/mol. The van der Waals surface area contributed by atoms with E-state index in [9.17, 15) is 17.6 Å². The first-order valence-electron chi connectivity index (χ1n) is 6.41. The molecule has 0 saturated carbocycles. The molecule has 22 heavy (non-hydrogen) atoms. The third-order valence-corrected chi connectivity index (χ3v) is 2.56. The van der Waals surface area contributed by atoms with Crippen LogP contribution in [0.2, 0.25) is 0 Å². The molecule has 0 aliphatic heterocycles. The van der Waals surface area contributed by atoms with E-state index in [1.807, 2.05) is 0 Å². The summed E-state index contributed by atoms with van der Waals surface area (Å²) in [5.74, 6) is -2.38. The van der Waals surface area contributed by atoms with Crippen LogP contribution >= 0.6 is 0 Å². The lowest BCUT2D eigenvalue weighted by Gasteiger charge is -1.98. The molecule has 0 atom stereocenters. The van der Waals surface area contributed by atoms with E-state index >= 15 is 0 Å². The zero-order valence-electron chi connectivity index (χ0n) is 11.6. The van der Waals surface area contributed by atoms with Gasteiger partial charge in [0.15, 0.2) is 0 Å². The summed E-state index contributed by atoms with van der Waals surface area (Å²) < 4.78 is 49.7. The van der Waals surface area contributed by atoms with Crippen molar-refractivity contribution in [3.63, 3.8) is 0 Å². The van der Waals surface area contributed by atoms with E-state index in [4.69, 9.17) is 11.0 Å². The quantitative estimate of drug-likeness (QED) is 0.882. The van der Waals surface area contributed by atoms with Crippen LogP contribution < -0.4 is 5.73 Å². The molecule has 2 aromatic carbocycles. The Bertz CT molecular complexity index is 625. The second kappa shape index (κ2) is 8.80. The molecule has 0 amide bonds. The Morgan fingerprint density at radius 1 is 0.773 bits per heavy atom. The maximum absolute atomic E-state index is 12.5. The highest BCUT2D eigenvalue weighted by atomic mass is 19.1. The molecular weight excluding hydrogens is 296 g/mol. The molecule has 0 bridgehead atoms. The molecule has 0 aliphatic carbocycles. The van der Waals surface area contributed by atoms with Gasteiger partial charge in [-0.3, -0.25) is 0 Å². The Labute approximate surface area is 125 Å². The maximum atomic E-state index is 12.5. The SMILES string of the molecule is N#CCc1cc(F)cc(F)c1.NCCc1cc(F)cc(F)c1. The van der Waals surface area contributed by atoms with Crippen molar-refractivity contribution in [1.29, 1.82) is 5.26 Å². The van der Waals surface area contributed by atoms with Crippen molar-refractivity contribution in [1.82, 2.24) is 0 Å². The van der Waals surface area contributed by atoms with Crippen molar-refractivity contribution < 1.29 is 17.6 Å². The molecule has 2 aromatic rings. The summed E-state index contributed by atoms with van der Waals surface area (Å²) in [5, 5.41) is 8.21.